The lowest BCUT2D eigenvalue weighted by Gasteiger charge is -2.31. The molecule has 0 bridgehead atoms. The lowest BCUT2D eigenvalue weighted by molar-refractivity contribution is 0.184. The summed E-state index contributed by atoms with van der Waals surface area (Å²) < 4.78 is 51.5. The van der Waals surface area contributed by atoms with Crippen molar-refractivity contribution in [3.63, 3.8) is 0 Å². The summed E-state index contributed by atoms with van der Waals surface area (Å²) in [4.78, 5) is 0.0649. The molecule has 1 aliphatic heterocycles. The van der Waals surface area contributed by atoms with Gasteiger partial charge in [0.25, 0.3) is 10.0 Å². The SMILES string of the molecule is CCc1ccc(S(=O)(=O)N(c2ccccc2)[C@H]2CS(=O)(=O)C[C@H]2O)cc1. The topological polar surface area (TPSA) is 91.8 Å². The van der Waals surface area contributed by atoms with E-state index >= 15 is 0 Å². The van der Waals surface area contributed by atoms with Gasteiger partial charge in [-0.1, -0.05) is 37.3 Å². The van der Waals surface area contributed by atoms with E-state index in [9.17, 15) is 21.9 Å². The molecule has 0 amide bonds. The molecular weight excluding hydrogens is 374 g/mol. The molecule has 1 fully saturated rings. The summed E-state index contributed by atoms with van der Waals surface area (Å²) in [6.45, 7) is 1.97. The van der Waals surface area contributed by atoms with E-state index in [0.29, 0.717) is 5.69 Å². The zero-order chi connectivity index (χ0) is 18.9. The summed E-state index contributed by atoms with van der Waals surface area (Å²) in [7, 11) is -7.54. The molecule has 6 nitrogen and oxygen atoms in total. The molecule has 0 spiro atoms. The minimum atomic E-state index is -4.04. The Labute approximate surface area is 154 Å². The van der Waals surface area contributed by atoms with Crippen molar-refractivity contribution in [1.82, 2.24) is 0 Å². The van der Waals surface area contributed by atoms with E-state index in [4.69, 9.17) is 0 Å². The third-order valence-corrected chi connectivity index (χ3v) is 8.06. The normalized spacial score (nSPS) is 22.2. The fourth-order valence-electron chi connectivity index (χ4n) is 3.13. The Bertz CT molecular complexity index is 970. The van der Waals surface area contributed by atoms with Gasteiger partial charge in [0.05, 0.1) is 34.2 Å². The second kappa shape index (κ2) is 7.02. The fourth-order valence-corrected chi connectivity index (χ4v) is 6.67. The quantitative estimate of drug-likeness (QED) is 0.830. The highest BCUT2D eigenvalue weighted by atomic mass is 32.2. The third kappa shape index (κ3) is 3.62. The van der Waals surface area contributed by atoms with E-state index in [1.165, 1.54) is 12.1 Å². The zero-order valence-corrected chi connectivity index (χ0v) is 15.9. The van der Waals surface area contributed by atoms with Crippen LogP contribution in [0.2, 0.25) is 0 Å². The average molecular weight is 396 g/mol. The first-order chi connectivity index (χ1) is 12.2. The number of rotatable bonds is 5. The molecule has 0 unspecified atom stereocenters. The van der Waals surface area contributed by atoms with Crippen molar-refractivity contribution in [2.45, 2.75) is 30.4 Å². The Balaban J connectivity index is 2.11. The largest absolute Gasteiger partial charge is 0.390 e. The van der Waals surface area contributed by atoms with Gasteiger partial charge in [-0.25, -0.2) is 16.8 Å². The van der Waals surface area contributed by atoms with Crippen molar-refractivity contribution in [3.8, 4) is 0 Å². The van der Waals surface area contributed by atoms with Crippen LogP contribution < -0.4 is 4.31 Å². The summed E-state index contributed by atoms with van der Waals surface area (Å²) in [5, 5.41) is 10.3. The van der Waals surface area contributed by atoms with Crippen molar-refractivity contribution in [1.29, 1.82) is 0 Å². The Morgan fingerprint density at radius 1 is 1.04 bits per heavy atom. The van der Waals surface area contributed by atoms with Gasteiger partial charge < -0.3 is 5.11 Å². The second-order valence-electron chi connectivity index (χ2n) is 6.35. The highest BCUT2D eigenvalue weighted by molar-refractivity contribution is 7.93. The van der Waals surface area contributed by atoms with Gasteiger partial charge in [0.15, 0.2) is 9.84 Å². The van der Waals surface area contributed by atoms with Gasteiger partial charge in [-0.3, -0.25) is 4.31 Å². The number of sulfonamides is 1. The molecule has 1 N–H and O–H groups in total. The average Bonchev–Trinajstić information content (AvgIpc) is 2.88. The number of hydrogen-bond donors (Lipinski definition) is 1. The number of para-hydroxylation sites is 1. The number of nitrogens with zero attached hydrogens (tertiary/aromatic N) is 1. The molecule has 3 rings (SSSR count). The number of aryl methyl sites for hydroxylation is 1. The van der Waals surface area contributed by atoms with E-state index in [1.807, 2.05) is 6.92 Å². The molecule has 1 heterocycles. The maximum atomic E-state index is 13.3. The number of benzene rings is 2. The second-order valence-corrected chi connectivity index (χ2v) is 10.3. The summed E-state index contributed by atoms with van der Waals surface area (Å²) in [6.07, 6.45) is -0.493. The summed E-state index contributed by atoms with van der Waals surface area (Å²) in [6, 6.07) is 13.7. The minimum absolute atomic E-state index is 0.0649. The van der Waals surface area contributed by atoms with Gasteiger partial charge in [0.2, 0.25) is 0 Å². The van der Waals surface area contributed by atoms with E-state index in [2.05, 4.69) is 0 Å². The molecule has 8 heteroatoms. The van der Waals surface area contributed by atoms with Crippen LogP contribution in [-0.2, 0) is 26.3 Å². The summed E-state index contributed by atoms with van der Waals surface area (Å²) >= 11 is 0. The van der Waals surface area contributed by atoms with Gasteiger partial charge in [-0.2, -0.15) is 0 Å². The van der Waals surface area contributed by atoms with E-state index in [0.717, 1.165) is 16.3 Å². The fraction of sp³-hybridized carbons (Fsp3) is 0.333. The van der Waals surface area contributed by atoms with E-state index in [1.54, 1.807) is 42.5 Å². The summed E-state index contributed by atoms with van der Waals surface area (Å²) in [5.74, 6) is -0.847. The molecule has 1 saturated heterocycles. The van der Waals surface area contributed by atoms with Crippen LogP contribution >= 0.6 is 0 Å². The molecular formula is C18H21NO5S2. The van der Waals surface area contributed by atoms with Crippen LogP contribution in [0.15, 0.2) is 59.5 Å². The number of aliphatic hydroxyl groups excluding tert-OH is 1. The first kappa shape index (κ1) is 18.9. The molecule has 2 aromatic rings. The van der Waals surface area contributed by atoms with Crippen LogP contribution in [0, 0.1) is 0 Å². The smallest absolute Gasteiger partial charge is 0.264 e. The highest BCUT2D eigenvalue weighted by Gasteiger charge is 2.44. The predicted octanol–water partition coefficient (Wildman–Crippen LogP) is 1.60. The van der Waals surface area contributed by atoms with Crippen LogP contribution in [0.4, 0.5) is 5.69 Å². The molecule has 0 saturated carbocycles. The highest BCUT2D eigenvalue weighted by Crippen LogP contribution is 2.31. The molecule has 2 aromatic carbocycles. The van der Waals surface area contributed by atoms with E-state index in [-0.39, 0.29) is 4.90 Å². The number of hydrogen-bond acceptors (Lipinski definition) is 5. The number of aliphatic hydroxyl groups is 1. The Kier molecular flexibility index (Phi) is 5.09. The van der Waals surface area contributed by atoms with Crippen LogP contribution in [0.25, 0.3) is 0 Å². The van der Waals surface area contributed by atoms with Crippen LogP contribution in [0.1, 0.15) is 12.5 Å². The standard InChI is InChI=1S/C18H21NO5S2/c1-2-14-8-10-16(11-9-14)26(23,24)19(15-6-4-3-5-7-15)17-12-25(21,22)13-18(17)20/h3-11,17-18,20H,2,12-13H2,1H3/t17-,18+/m0/s1. The molecule has 2 atom stereocenters. The monoisotopic (exact) mass is 395 g/mol. The Morgan fingerprint density at radius 3 is 2.15 bits per heavy atom. The van der Waals surface area contributed by atoms with Crippen LogP contribution in [-0.4, -0.2) is 45.6 Å². The van der Waals surface area contributed by atoms with Gasteiger partial charge in [0, 0.05) is 0 Å². The Hall–Kier alpha value is -1.90. The number of anilines is 1. The van der Waals surface area contributed by atoms with Crippen molar-refractivity contribution in [2.24, 2.45) is 0 Å². The predicted molar refractivity (Wildman–Crippen MR) is 100 cm³/mol. The van der Waals surface area contributed by atoms with Crippen molar-refractivity contribution >= 4 is 25.5 Å². The zero-order valence-electron chi connectivity index (χ0n) is 14.3. The molecule has 140 valence electrons. The minimum Gasteiger partial charge on any atom is -0.390 e. The first-order valence-corrected chi connectivity index (χ1v) is 11.6. The van der Waals surface area contributed by atoms with Gasteiger partial charge >= 0.3 is 0 Å². The third-order valence-electron chi connectivity index (χ3n) is 4.49. The van der Waals surface area contributed by atoms with E-state index < -0.39 is 43.5 Å². The molecule has 0 radical (unpaired) electrons. The first-order valence-electron chi connectivity index (χ1n) is 8.31. The number of sulfone groups is 1. The van der Waals surface area contributed by atoms with Gasteiger partial charge in [-0.15, -0.1) is 0 Å². The van der Waals surface area contributed by atoms with Crippen LogP contribution in [0.5, 0.6) is 0 Å². The lowest BCUT2D eigenvalue weighted by Crippen LogP contribution is -2.47. The molecule has 0 aromatic heterocycles. The van der Waals surface area contributed by atoms with Crippen molar-refractivity contribution < 1.29 is 21.9 Å². The van der Waals surface area contributed by atoms with Crippen LogP contribution in [0.3, 0.4) is 0 Å². The van der Waals surface area contributed by atoms with Gasteiger partial charge in [-0.05, 0) is 36.2 Å². The molecule has 26 heavy (non-hydrogen) atoms. The van der Waals surface area contributed by atoms with Gasteiger partial charge in [0.1, 0.15) is 0 Å². The molecule has 0 aliphatic carbocycles. The van der Waals surface area contributed by atoms with Crippen molar-refractivity contribution in [2.75, 3.05) is 15.8 Å². The Morgan fingerprint density at radius 2 is 1.65 bits per heavy atom. The maximum absolute atomic E-state index is 13.3. The lowest BCUT2D eigenvalue weighted by atomic mass is 10.2. The van der Waals surface area contributed by atoms with Crippen molar-refractivity contribution in [3.05, 3.63) is 60.2 Å². The summed E-state index contributed by atoms with van der Waals surface area (Å²) in [5.41, 5.74) is 1.33. The molecule has 1 aliphatic rings. The maximum Gasteiger partial charge on any atom is 0.264 e.